The van der Waals surface area contributed by atoms with Crippen LogP contribution >= 0.6 is 11.8 Å². The lowest BCUT2D eigenvalue weighted by atomic mass is 10.2. The van der Waals surface area contributed by atoms with E-state index in [9.17, 15) is 18.0 Å². The molecule has 0 aliphatic carbocycles. The first kappa shape index (κ1) is 20.0. The molecule has 1 heterocycles. The summed E-state index contributed by atoms with van der Waals surface area (Å²) in [6.45, 7) is 3.61. The lowest BCUT2D eigenvalue weighted by Gasteiger charge is -2.09. The summed E-state index contributed by atoms with van der Waals surface area (Å²) in [5.41, 5.74) is 1.59. The standard InChI is InChI=1S/C16H18N2O6S2/c1-9-14(10(2)24-18-9)7-25-8-15(19)17-12-4-11(16(20)21)5-13(6-12)26(3,22)23/h4-6H,7-8H2,1-3H3,(H,17,19)(H,20,21). The molecule has 0 spiro atoms. The van der Waals surface area contributed by atoms with Crippen molar-refractivity contribution >= 4 is 39.2 Å². The summed E-state index contributed by atoms with van der Waals surface area (Å²) in [5, 5.41) is 15.5. The van der Waals surface area contributed by atoms with Crippen LogP contribution in [-0.2, 0) is 20.4 Å². The number of hydrogen-bond donors (Lipinski definition) is 2. The van der Waals surface area contributed by atoms with Crippen molar-refractivity contribution in [2.45, 2.75) is 24.5 Å². The Balaban J connectivity index is 2.06. The fraction of sp³-hybridized carbons (Fsp3) is 0.312. The van der Waals surface area contributed by atoms with E-state index in [1.165, 1.54) is 23.9 Å². The van der Waals surface area contributed by atoms with Crippen molar-refractivity contribution in [2.24, 2.45) is 0 Å². The summed E-state index contributed by atoms with van der Waals surface area (Å²) >= 11 is 1.34. The number of hydrogen-bond acceptors (Lipinski definition) is 7. The minimum atomic E-state index is -3.61. The Kier molecular flexibility index (Phi) is 6.09. The number of amides is 1. The Morgan fingerprint density at radius 3 is 2.50 bits per heavy atom. The summed E-state index contributed by atoms with van der Waals surface area (Å²) < 4.78 is 28.4. The van der Waals surface area contributed by atoms with Crippen molar-refractivity contribution in [3.8, 4) is 0 Å². The zero-order valence-electron chi connectivity index (χ0n) is 14.4. The van der Waals surface area contributed by atoms with Crippen LogP contribution in [0.15, 0.2) is 27.6 Å². The van der Waals surface area contributed by atoms with Gasteiger partial charge in [-0.05, 0) is 32.0 Å². The van der Waals surface area contributed by atoms with Crippen molar-refractivity contribution in [1.29, 1.82) is 0 Å². The van der Waals surface area contributed by atoms with E-state index in [-0.39, 0.29) is 27.8 Å². The Hall–Kier alpha value is -2.33. The third-order valence-corrected chi connectivity index (χ3v) is 5.58. The fourth-order valence-corrected chi connectivity index (χ4v) is 3.82. The van der Waals surface area contributed by atoms with Gasteiger partial charge in [0.15, 0.2) is 9.84 Å². The number of benzene rings is 1. The van der Waals surface area contributed by atoms with Gasteiger partial charge in [0, 0.05) is 23.3 Å². The van der Waals surface area contributed by atoms with E-state index in [2.05, 4.69) is 10.5 Å². The molecular weight excluding hydrogens is 380 g/mol. The maximum absolute atomic E-state index is 12.1. The molecule has 0 saturated carbocycles. The van der Waals surface area contributed by atoms with E-state index >= 15 is 0 Å². The summed E-state index contributed by atoms with van der Waals surface area (Å²) in [6.07, 6.45) is 0.971. The van der Waals surface area contributed by atoms with E-state index in [1.807, 2.05) is 6.92 Å². The van der Waals surface area contributed by atoms with Crippen molar-refractivity contribution in [3.05, 3.63) is 40.8 Å². The van der Waals surface area contributed by atoms with Gasteiger partial charge in [0.25, 0.3) is 0 Å². The van der Waals surface area contributed by atoms with Crippen molar-refractivity contribution < 1.29 is 27.6 Å². The molecule has 0 bridgehead atoms. The average Bonchev–Trinajstić information content (AvgIpc) is 2.85. The van der Waals surface area contributed by atoms with Gasteiger partial charge in [-0.1, -0.05) is 5.16 Å². The molecule has 8 nitrogen and oxygen atoms in total. The number of carboxylic acid groups (broad SMARTS) is 1. The smallest absolute Gasteiger partial charge is 0.335 e. The van der Waals surface area contributed by atoms with Crippen LogP contribution in [0.5, 0.6) is 0 Å². The second-order valence-electron chi connectivity index (χ2n) is 5.67. The second kappa shape index (κ2) is 7.92. The van der Waals surface area contributed by atoms with Gasteiger partial charge < -0.3 is 14.9 Å². The monoisotopic (exact) mass is 398 g/mol. The largest absolute Gasteiger partial charge is 0.478 e. The molecule has 2 N–H and O–H groups in total. The molecule has 1 amide bonds. The van der Waals surface area contributed by atoms with Crippen molar-refractivity contribution in [2.75, 3.05) is 17.3 Å². The van der Waals surface area contributed by atoms with Gasteiger partial charge in [-0.25, -0.2) is 13.2 Å². The second-order valence-corrected chi connectivity index (χ2v) is 8.67. The first-order valence-electron chi connectivity index (χ1n) is 7.45. The molecular formula is C16H18N2O6S2. The Labute approximate surface area is 154 Å². The Morgan fingerprint density at radius 1 is 1.27 bits per heavy atom. The zero-order valence-corrected chi connectivity index (χ0v) is 16.0. The first-order valence-corrected chi connectivity index (χ1v) is 10.5. The molecule has 10 heteroatoms. The number of nitrogens with one attached hydrogen (secondary N) is 1. The SMILES string of the molecule is Cc1noc(C)c1CSCC(=O)Nc1cc(C(=O)O)cc(S(C)(=O)=O)c1. The lowest BCUT2D eigenvalue weighted by molar-refractivity contribution is -0.113. The number of aromatic nitrogens is 1. The average molecular weight is 398 g/mol. The third-order valence-electron chi connectivity index (χ3n) is 3.53. The highest BCUT2D eigenvalue weighted by Gasteiger charge is 2.15. The van der Waals surface area contributed by atoms with Crippen LogP contribution in [0, 0.1) is 13.8 Å². The van der Waals surface area contributed by atoms with E-state index < -0.39 is 15.8 Å². The zero-order chi connectivity index (χ0) is 19.5. The number of rotatable bonds is 7. The number of aromatic carboxylic acids is 1. The van der Waals surface area contributed by atoms with Crippen molar-refractivity contribution in [1.82, 2.24) is 5.16 Å². The third kappa shape index (κ3) is 5.09. The van der Waals surface area contributed by atoms with Gasteiger partial charge in [-0.15, -0.1) is 11.8 Å². The molecule has 0 aliphatic heterocycles. The number of carbonyl (C=O) groups is 2. The predicted molar refractivity (Wildman–Crippen MR) is 97.3 cm³/mol. The summed E-state index contributed by atoms with van der Waals surface area (Å²) in [6, 6.07) is 3.51. The van der Waals surface area contributed by atoms with Crippen LogP contribution in [-0.4, -0.2) is 42.6 Å². The summed E-state index contributed by atoms with van der Waals surface area (Å²) in [5.74, 6) is -0.307. The van der Waals surface area contributed by atoms with Crippen molar-refractivity contribution in [3.63, 3.8) is 0 Å². The summed E-state index contributed by atoms with van der Waals surface area (Å²) in [4.78, 5) is 23.1. The molecule has 0 fully saturated rings. The fourth-order valence-electron chi connectivity index (χ4n) is 2.16. The van der Waals surface area contributed by atoms with E-state index in [0.717, 1.165) is 23.6 Å². The van der Waals surface area contributed by atoms with E-state index in [4.69, 9.17) is 9.63 Å². The number of aryl methyl sites for hydroxylation is 2. The van der Waals surface area contributed by atoms with Gasteiger partial charge in [0.1, 0.15) is 5.76 Å². The molecule has 2 rings (SSSR count). The lowest BCUT2D eigenvalue weighted by Crippen LogP contribution is -2.15. The van der Waals surface area contributed by atoms with Gasteiger partial charge in [0.05, 0.1) is 21.9 Å². The van der Waals surface area contributed by atoms with Crippen LogP contribution in [0.3, 0.4) is 0 Å². The van der Waals surface area contributed by atoms with Gasteiger partial charge in [-0.2, -0.15) is 0 Å². The van der Waals surface area contributed by atoms with Crippen LogP contribution in [0.25, 0.3) is 0 Å². The minimum Gasteiger partial charge on any atom is -0.478 e. The molecule has 0 radical (unpaired) electrons. The Morgan fingerprint density at radius 2 is 1.96 bits per heavy atom. The van der Waals surface area contributed by atoms with E-state index in [0.29, 0.717) is 11.5 Å². The molecule has 2 aromatic rings. The molecule has 0 unspecified atom stereocenters. The number of sulfone groups is 1. The summed E-state index contributed by atoms with van der Waals surface area (Å²) in [7, 11) is -3.61. The molecule has 140 valence electrons. The number of carbonyl (C=O) groups excluding carboxylic acids is 1. The van der Waals surface area contributed by atoms with Crippen LogP contribution in [0.4, 0.5) is 5.69 Å². The number of thioether (sulfide) groups is 1. The first-order chi connectivity index (χ1) is 12.1. The minimum absolute atomic E-state index is 0.107. The number of anilines is 1. The van der Waals surface area contributed by atoms with Crippen LogP contribution < -0.4 is 5.32 Å². The maximum Gasteiger partial charge on any atom is 0.335 e. The molecule has 0 aliphatic rings. The molecule has 1 aromatic carbocycles. The molecule has 26 heavy (non-hydrogen) atoms. The highest BCUT2D eigenvalue weighted by Crippen LogP contribution is 2.21. The molecule has 0 saturated heterocycles. The number of carboxylic acids is 1. The highest BCUT2D eigenvalue weighted by atomic mass is 32.2. The van der Waals surface area contributed by atoms with Gasteiger partial charge in [-0.3, -0.25) is 4.79 Å². The maximum atomic E-state index is 12.1. The predicted octanol–water partition coefficient (Wildman–Crippen LogP) is 2.27. The number of nitrogens with zero attached hydrogens (tertiary/aromatic N) is 1. The van der Waals surface area contributed by atoms with Gasteiger partial charge in [0.2, 0.25) is 5.91 Å². The van der Waals surface area contributed by atoms with Crippen LogP contribution in [0.1, 0.15) is 27.4 Å². The molecule has 1 aromatic heterocycles. The van der Waals surface area contributed by atoms with E-state index in [1.54, 1.807) is 6.92 Å². The van der Waals surface area contributed by atoms with Crippen LogP contribution in [0.2, 0.25) is 0 Å². The normalized spacial score (nSPS) is 11.3. The Bertz CT molecular complexity index is 930. The highest BCUT2D eigenvalue weighted by molar-refractivity contribution is 7.99. The molecule has 0 atom stereocenters. The topological polar surface area (TPSA) is 127 Å². The van der Waals surface area contributed by atoms with Gasteiger partial charge >= 0.3 is 5.97 Å². The quantitative estimate of drug-likeness (QED) is 0.727.